The zero-order valence-corrected chi connectivity index (χ0v) is 20.7. The van der Waals surface area contributed by atoms with Gasteiger partial charge in [-0.05, 0) is 68.4 Å². The number of ether oxygens (including phenoxy) is 2. The van der Waals surface area contributed by atoms with Crippen LogP contribution >= 0.6 is 0 Å². The van der Waals surface area contributed by atoms with Gasteiger partial charge >= 0.3 is 0 Å². The van der Waals surface area contributed by atoms with Gasteiger partial charge in [-0.1, -0.05) is 18.2 Å². The summed E-state index contributed by atoms with van der Waals surface area (Å²) in [4.78, 5) is 18.4. The molecule has 0 fully saturated rings. The van der Waals surface area contributed by atoms with Gasteiger partial charge in [0.1, 0.15) is 22.8 Å². The van der Waals surface area contributed by atoms with Gasteiger partial charge in [-0.15, -0.1) is 0 Å². The average molecular weight is 482 g/mol. The summed E-state index contributed by atoms with van der Waals surface area (Å²) >= 11 is 0. The van der Waals surface area contributed by atoms with E-state index in [0.29, 0.717) is 34.7 Å². The monoisotopic (exact) mass is 481 g/mol. The SMILES string of the molecule is CCOc1ccc2oc(-c3ccc(OC)cc3)cc(=Nc3c(C)n(C)n(-c4ccccc4)c3=O)c2c1. The van der Waals surface area contributed by atoms with Crippen LogP contribution < -0.4 is 20.4 Å². The Morgan fingerprint density at radius 1 is 0.944 bits per heavy atom. The van der Waals surface area contributed by atoms with Crippen LogP contribution in [0.4, 0.5) is 5.69 Å². The molecule has 0 saturated heterocycles. The molecule has 0 aliphatic carbocycles. The first-order valence-electron chi connectivity index (χ1n) is 11.7. The van der Waals surface area contributed by atoms with E-state index in [1.165, 1.54) is 0 Å². The van der Waals surface area contributed by atoms with Crippen molar-refractivity contribution in [2.45, 2.75) is 13.8 Å². The molecule has 0 unspecified atom stereocenters. The third-order valence-corrected chi connectivity index (χ3v) is 6.16. The Balaban J connectivity index is 1.77. The summed E-state index contributed by atoms with van der Waals surface area (Å²) in [6.45, 7) is 4.37. The second-order valence-corrected chi connectivity index (χ2v) is 8.34. The topological polar surface area (TPSA) is 70.9 Å². The fourth-order valence-electron chi connectivity index (χ4n) is 4.20. The molecule has 0 bridgehead atoms. The standard InChI is InChI=1S/C29H27N3O4/c1-5-35-23-15-16-26-24(17-23)25(18-27(36-26)20-11-13-22(34-4)14-12-20)30-28-19(2)31(3)32(29(28)33)21-9-7-6-8-10-21/h6-18H,5H2,1-4H3. The van der Waals surface area contributed by atoms with E-state index >= 15 is 0 Å². The van der Waals surface area contributed by atoms with Crippen LogP contribution in [0.3, 0.4) is 0 Å². The van der Waals surface area contributed by atoms with Gasteiger partial charge in [0.05, 0.1) is 30.5 Å². The zero-order valence-electron chi connectivity index (χ0n) is 20.7. The Morgan fingerprint density at radius 3 is 2.36 bits per heavy atom. The first-order valence-corrected chi connectivity index (χ1v) is 11.7. The van der Waals surface area contributed by atoms with Gasteiger partial charge in [0.25, 0.3) is 5.56 Å². The first kappa shape index (κ1) is 23.2. The number of para-hydroxylation sites is 1. The van der Waals surface area contributed by atoms with Gasteiger partial charge in [-0.2, -0.15) is 0 Å². The maximum atomic E-state index is 13.5. The summed E-state index contributed by atoms with van der Waals surface area (Å²) in [5.41, 5.74) is 3.22. The maximum Gasteiger partial charge on any atom is 0.297 e. The highest BCUT2D eigenvalue weighted by Crippen LogP contribution is 2.27. The molecular formula is C29H27N3O4. The van der Waals surface area contributed by atoms with Crippen molar-refractivity contribution < 1.29 is 13.9 Å². The van der Waals surface area contributed by atoms with Crippen molar-refractivity contribution in [2.75, 3.05) is 13.7 Å². The smallest absolute Gasteiger partial charge is 0.297 e. The molecule has 5 aromatic rings. The number of rotatable bonds is 6. The van der Waals surface area contributed by atoms with Gasteiger partial charge in [0.15, 0.2) is 5.69 Å². The van der Waals surface area contributed by atoms with Crippen molar-refractivity contribution in [1.82, 2.24) is 9.36 Å². The van der Waals surface area contributed by atoms with Gasteiger partial charge in [-0.3, -0.25) is 9.48 Å². The lowest BCUT2D eigenvalue weighted by atomic mass is 10.1. The summed E-state index contributed by atoms with van der Waals surface area (Å²) in [7, 11) is 3.49. The van der Waals surface area contributed by atoms with Crippen LogP contribution in [0.5, 0.6) is 11.5 Å². The van der Waals surface area contributed by atoms with Crippen LogP contribution in [0, 0.1) is 6.92 Å². The number of fused-ring (bicyclic) bond motifs is 1. The van der Waals surface area contributed by atoms with Crippen LogP contribution in [-0.2, 0) is 7.05 Å². The Kier molecular flexibility index (Phi) is 6.21. The van der Waals surface area contributed by atoms with E-state index in [-0.39, 0.29) is 5.56 Å². The molecule has 0 aliphatic rings. The minimum Gasteiger partial charge on any atom is -0.497 e. The maximum absolute atomic E-state index is 13.5. The summed E-state index contributed by atoms with van der Waals surface area (Å²) in [5.74, 6) is 2.09. The molecule has 0 saturated carbocycles. The van der Waals surface area contributed by atoms with Crippen LogP contribution in [0.2, 0.25) is 0 Å². The van der Waals surface area contributed by atoms with Crippen molar-refractivity contribution in [3.63, 3.8) is 0 Å². The molecule has 36 heavy (non-hydrogen) atoms. The van der Waals surface area contributed by atoms with E-state index in [4.69, 9.17) is 18.9 Å². The second kappa shape index (κ2) is 9.62. The summed E-state index contributed by atoms with van der Waals surface area (Å²) in [6, 6.07) is 24.6. The molecule has 0 amide bonds. The molecule has 7 heteroatoms. The van der Waals surface area contributed by atoms with Crippen molar-refractivity contribution in [2.24, 2.45) is 12.0 Å². The Bertz CT molecular complexity index is 1660. The molecule has 182 valence electrons. The van der Waals surface area contributed by atoms with Crippen LogP contribution in [0.25, 0.3) is 28.0 Å². The zero-order chi connectivity index (χ0) is 25.2. The third-order valence-electron chi connectivity index (χ3n) is 6.16. The number of hydrogen-bond donors (Lipinski definition) is 0. The largest absolute Gasteiger partial charge is 0.497 e. The fourth-order valence-corrected chi connectivity index (χ4v) is 4.20. The van der Waals surface area contributed by atoms with Crippen molar-refractivity contribution in [1.29, 1.82) is 0 Å². The lowest BCUT2D eigenvalue weighted by Crippen LogP contribution is -2.19. The van der Waals surface area contributed by atoms with Gasteiger partial charge in [0, 0.05) is 24.1 Å². The van der Waals surface area contributed by atoms with Crippen molar-refractivity contribution in [3.05, 3.63) is 100 Å². The summed E-state index contributed by atoms with van der Waals surface area (Å²) in [5, 5.41) is 1.38. The minimum atomic E-state index is -0.192. The van der Waals surface area contributed by atoms with Crippen molar-refractivity contribution in [3.8, 4) is 28.5 Å². The molecule has 2 heterocycles. The van der Waals surface area contributed by atoms with Gasteiger partial charge < -0.3 is 13.9 Å². The lowest BCUT2D eigenvalue weighted by Gasteiger charge is -2.08. The van der Waals surface area contributed by atoms with E-state index in [2.05, 4.69) is 0 Å². The third kappa shape index (κ3) is 4.20. The van der Waals surface area contributed by atoms with E-state index in [0.717, 1.165) is 28.1 Å². The molecule has 2 aromatic heterocycles. The molecule has 0 aliphatic heterocycles. The minimum absolute atomic E-state index is 0.192. The Labute approximate surface area is 208 Å². The molecule has 7 nitrogen and oxygen atoms in total. The number of aromatic nitrogens is 2. The number of hydrogen-bond acceptors (Lipinski definition) is 5. The van der Waals surface area contributed by atoms with Crippen LogP contribution in [-0.4, -0.2) is 23.1 Å². The number of benzene rings is 3. The predicted molar refractivity (Wildman–Crippen MR) is 140 cm³/mol. The Morgan fingerprint density at radius 2 is 1.67 bits per heavy atom. The van der Waals surface area contributed by atoms with Crippen LogP contribution in [0.15, 0.2) is 93.1 Å². The quantitative estimate of drug-likeness (QED) is 0.319. The molecular weight excluding hydrogens is 454 g/mol. The average Bonchev–Trinajstić information content (AvgIpc) is 3.12. The predicted octanol–water partition coefficient (Wildman–Crippen LogP) is 5.54. The van der Waals surface area contributed by atoms with Gasteiger partial charge in [-0.25, -0.2) is 9.67 Å². The van der Waals surface area contributed by atoms with E-state index < -0.39 is 0 Å². The molecule has 0 N–H and O–H groups in total. The highest BCUT2D eigenvalue weighted by Gasteiger charge is 2.16. The first-order chi connectivity index (χ1) is 17.5. The highest BCUT2D eigenvalue weighted by atomic mass is 16.5. The summed E-state index contributed by atoms with van der Waals surface area (Å²) in [6.07, 6.45) is 0. The molecule has 3 aromatic carbocycles. The highest BCUT2D eigenvalue weighted by molar-refractivity contribution is 5.80. The molecule has 0 atom stereocenters. The fraction of sp³-hybridized carbons (Fsp3) is 0.172. The molecule has 5 rings (SSSR count). The van der Waals surface area contributed by atoms with E-state index in [9.17, 15) is 4.79 Å². The van der Waals surface area contributed by atoms with E-state index in [1.807, 2.05) is 104 Å². The Hall–Kier alpha value is -4.52. The molecule has 0 spiro atoms. The normalized spacial score (nSPS) is 11.7. The summed E-state index contributed by atoms with van der Waals surface area (Å²) < 4.78 is 20.7. The number of methoxy groups -OCH3 is 1. The van der Waals surface area contributed by atoms with Crippen LogP contribution in [0.1, 0.15) is 12.6 Å². The van der Waals surface area contributed by atoms with E-state index in [1.54, 1.807) is 11.8 Å². The lowest BCUT2D eigenvalue weighted by molar-refractivity contribution is 0.340. The number of nitrogens with zero attached hydrogens (tertiary/aromatic N) is 3. The molecule has 0 radical (unpaired) electrons. The second-order valence-electron chi connectivity index (χ2n) is 8.34. The van der Waals surface area contributed by atoms with Crippen molar-refractivity contribution >= 4 is 16.7 Å². The van der Waals surface area contributed by atoms with Gasteiger partial charge in [0.2, 0.25) is 0 Å².